The minimum Gasteiger partial charge on any atom is -0.459 e. The molecule has 0 aliphatic rings. The lowest BCUT2D eigenvalue weighted by Crippen LogP contribution is -1.94. The van der Waals surface area contributed by atoms with E-state index in [-0.39, 0.29) is 0 Å². The molecule has 0 aromatic rings. The highest BCUT2D eigenvalue weighted by Crippen LogP contribution is 2.00. The van der Waals surface area contributed by atoms with Gasteiger partial charge in [-0.15, -0.1) is 0 Å². The number of ether oxygens (including phenoxy) is 1. The molecular formula is C9H13BrO2. The molecule has 0 aromatic carbocycles. The Balaban J connectivity index is 3.27. The van der Waals surface area contributed by atoms with Gasteiger partial charge in [0, 0.05) is 17.7 Å². The average Bonchev–Trinajstić information content (AvgIpc) is 2.10. The van der Waals surface area contributed by atoms with E-state index in [0.717, 1.165) is 24.6 Å². The number of carbonyl (C=O) groups is 1. The number of halogens is 1. The number of esters is 1. The zero-order valence-corrected chi connectivity index (χ0v) is 8.82. The third-order valence-corrected chi connectivity index (χ3v) is 1.87. The SMILES string of the molecule is COC(=O)C#CCCCCCBr. The Morgan fingerprint density at radius 3 is 2.75 bits per heavy atom. The van der Waals surface area contributed by atoms with E-state index in [1.807, 2.05) is 0 Å². The van der Waals surface area contributed by atoms with Crippen molar-refractivity contribution in [3.05, 3.63) is 0 Å². The number of alkyl halides is 1. The molecule has 0 aliphatic heterocycles. The molecule has 0 heterocycles. The highest BCUT2D eigenvalue weighted by molar-refractivity contribution is 9.09. The number of rotatable bonds is 4. The summed E-state index contributed by atoms with van der Waals surface area (Å²) in [6.45, 7) is 0. The third-order valence-electron chi connectivity index (χ3n) is 1.31. The van der Waals surface area contributed by atoms with Crippen molar-refractivity contribution in [2.75, 3.05) is 12.4 Å². The van der Waals surface area contributed by atoms with E-state index in [4.69, 9.17) is 0 Å². The van der Waals surface area contributed by atoms with Crippen LogP contribution in [0.25, 0.3) is 0 Å². The van der Waals surface area contributed by atoms with E-state index < -0.39 is 5.97 Å². The summed E-state index contributed by atoms with van der Waals surface area (Å²) in [6.07, 6.45) is 4.15. The van der Waals surface area contributed by atoms with Crippen LogP contribution in [0.15, 0.2) is 0 Å². The molecule has 0 aromatic heterocycles. The van der Waals surface area contributed by atoms with Crippen LogP contribution < -0.4 is 0 Å². The molecule has 0 spiro atoms. The van der Waals surface area contributed by atoms with Crippen molar-refractivity contribution in [2.45, 2.75) is 25.7 Å². The van der Waals surface area contributed by atoms with Gasteiger partial charge in [-0.25, -0.2) is 4.79 Å². The summed E-state index contributed by atoms with van der Waals surface area (Å²) in [5, 5.41) is 1.04. The lowest BCUT2D eigenvalue weighted by Gasteiger charge is -1.90. The van der Waals surface area contributed by atoms with Crippen LogP contribution in [0, 0.1) is 11.8 Å². The predicted molar refractivity (Wildman–Crippen MR) is 52.1 cm³/mol. The summed E-state index contributed by atoms with van der Waals surface area (Å²) in [5.74, 6) is 4.69. The first-order valence-corrected chi connectivity index (χ1v) is 5.06. The summed E-state index contributed by atoms with van der Waals surface area (Å²) in [6, 6.07) is 0. The van der Waals surface area contributed by atoms with E-state index in [1.165, 1.54) is 13.5 Å². The number of hydrogen-bond acceptors (Lipinski definition) is 2. The molecule has 0 atom stereocenters. The van der Waals surface area contributed by atoms with Crippen molar-refractivity contribution in [3.8, 4) is 11.8 Å². The summed E-state index contributed by atoms with van der Waals surface area (Å²) in [5.41, 5.74) is 0. The summed E-state index contributed by atoms with van der Waals surface area (Å²) in [7, 11) is 1.34. The average molecular weight is 233 g/mol. The molecule has 0 rings (SSSR count). The molecule has 68 valence electrons. The predicted octanol–water partition coefficient (Wildman–Crippen LogP) is 2.12. The Morgan fingerprint density at radius 2 is 2.17 bits per heavy atom. The number of unbranched alkanes of at least 4 members (excludes halogenated alkanes) is 3. The van der Waals surface area contributed by atoms with Gasteiger partial charge in [0.2, 0.25) is 0 Å². The topological polar surface area (TPSA) is 26.3 Å². The molecule has 0 saturated carbocycles. The smallest absolute Gasteiger partial charge is 0.384 e. The second-order valence-electron chi connectivity index (χ2n) is 2.29. The van der Waals surface area contributed by atoms with E-state index in [9.17, 15) is 4.79 Å². The van der Waals surface area contributed by atoms with Crippen molar-refractivity contribution >= 4 is 21.9 Å². The zero-order valence-electron chi connectivity index (χ0n) is 7.23. The van der Waals surface area contributed by atoms with Crippen molar-refractivity contribution in [1.29, 1.82) is 0 Å². The molecule has 0 amide bonds. The minimum atomic E-state index is -0.449. The lowest BCUT2D eigenvalue weighted by atomic mass is 10.2. The normalized spacial score (nSPS) is 8.50. The molecule has 12 heavy (non-hydrogen) atoms. The van der Waals surface area contributed by atoms with Gasteiger partial charge in [0.25, 0.3) is 0 Å². The van der Waals surface area contributed by atoms with Gasteiger partial charge in [-0.2, -0.15) is 0 Å². The lowest BCUT2D eigenvalue weighted by molar-refractivity contribution is -0.133. The minimum absolute atomic E-state index is 0.449. The maximum Gasteiger partial charge on any atom is 0.384 e. The van der Waals surface area contributed by atoms with Gasteiger partial charge in [0.15, 0.2) is 0 Å². The molecule has 0 aliphatic carbocycles. The molecule has 2 nitrogen and oxygen atoms in total. The van der Waals surface area contributed by atoms with Crippen LogP contribution >= 0.6 is 15.9 Å². The molecule has 3 heteroatoms. The van der Waals surface area contributed by atoms with Crippen LogP contribution in [0.3, 0.4) is 0 Å². The fourth-order valence-corrected chi connectivity index (χ4v) is 1.07. The van der Waals surface area contributed by atoms with Gasteiger partial charge in [0.1, 0.15) is 0 Å². The van der Waals surface area contributed by atoms with E-state index in [0.29, 0.717) is 0 Å². The van der Waals surface area contributed by atoms with Gasteiger partial charge in [-0.1, -0.05) is 28.3 Å². The van der Waals surface area contributed by atoms with Crippen LogP contribution in [0.5, 0.6) is 0 Å². The molecular weight excluding hydrogens is 220 g/mol. The van der Waals surface area contributed by atoms with Gasteiger partial charge < -0.3 is 4.74 Å². The first-order valence-electron chi connectivity index (χ1n) is 3.94. The Morgan fingerprint density at radius 1 is 1.42 bits per heavy atom. The number of carbonyl (C=O) groups excluding carboxylic acids is 1. The van der Waals surface area contributed by atoms with Crippen molar-refractivity contribution in [2.24, 2.45) is 0 Å². The number of hydrogen-bond donors (Lipinski definition) is 0. The Hall–Kier alpha value is -0.490. The Labute approximate surface area is 81.8 Å². The van der Waals surface area contributed by atoms with Crippen LogP contribution in [0.1, 0.15) is 25.7 Å². The van der Waals surface area contributed by atoms with Gasteiger partial charge in [0.05, 0.1) is 7.11 Å². The first kappa shape index (κ1) is 11.5. The van der Waals surface area contributed by atoms with Crippen molar-refractivity contribution in [3.63, 3.8) is 0 Å². The maximum absolute atomic E-state index is 10.5. The molecule has 0 saturated heterocycles. The van der Waals surface area contributed by atoms with Gasteiger partial charge >= 0.3 is 5.97 Å². The largest absolute Gasteiger partial charge is 0.459 e. The fourth-order valence-electron chi connectivity index (χ4n) is 0.670. The second-order valence-corrected chi connectivity index (χ2v) is 3.09. The summed E-state index contributed by atoms with van der Waals surface area (Å²) >= 11 is 3.34. The van der Waals surface area contributed by atoms with E-state index in [1.54, 1.807) is 0 Å². The van der Waals surface area contributed by atoms with Crippen molar-refractivity contribution in [1.82, 2.24) is 0 Å². The van der Waals surface area contributed by atoms with E-state index >= 15 is 0 Å². The maximum atomic E-state index is 10.5. The summed E-state index contributed by atoms with van der Waals surface area (Å²) in [4.78, 5) is 10.5. The Kier molecular flexibility index (Phi) is 8.25. The number of methoxy groups -OCH3 is 1. The first-order chi connectivity index (χ1) is 5.81. The quantitative estimate of drug-likeness (QED) is 0.244. The highest BCUT2D eigenvalue weighted by Gasteiger charge is 1.88. The fraction of sp³-hybridized carbons (Fsp3) is 0.667. The standard InChI is InChI=1S/C9H13BrO2/c1-12-9(11)7-5-3-2-4-6-8-10/h2-4,6,8H2,1H3. The van der Waals surface area contributed by atoms with Gasteiger partial charge in [-0.3, -0.25) is 0 Å². The third kappa shape index (κ3) is 7.62. The van der Waals surface area contributed by atoms with Crippen LogP contribution in [-0.2, 0) is 9.53 Å². The van der Waals surface area contributed by atoms with Gasteiger partial charge in [-0.05, 0) is 12.8 Å². The highest BCUT2D eigenvalue weighted by atomic mass is 79.9. The molecule has 0 N–H and O–H groups in total. The monoisotopic (exact) mass is 232 g/mol. The Bertz CT molecular complexity index is 179. The molecule has 0 fully saturated rings. The van der Waals surface area contributed by atoms with Crippen LogP contribution in [0.4, 0.5) is 0 Å². The zero-order chi connectivity index (χ0) is 9.23. The van der Waals surface area contributed by atoms with Crippen LogP contribution in [0.2, 0.25) is 0 Å². The molecule has 0 radical (unpaired) electrons. The van der Waals surface area contributed by atoms with E-state index in [2.05, 4.69) is 32.5 Å². The molecule has 0 bridgehead atoms. The molecule has 0 unspecified atom stereocenters. The van der Waals surface area contributed by atoms with Crippen molar-refractivity contribution < 1.29 is 9.53 Å². The van der Waals surface area contributed by atoms with Crippen LogP contribution in [-0.4, -0.2) is 18.4 Å². The summed E-state index contributed by atoms with van der Waals surface area (Å²) < 4.78 is 4.36. The second kappa shape index (κ2) is 8.61.